The van der Waals surface area contributed by atoms with Crippen molar-refractivity contribution < 1.29 is 4.74 Å². The van der Waals surface area contributed by atoms with Gasteiger partial charge in [-0.25, -0.2) is 0 Å². The minimum atomic E-state index is 0.487. The molecular weight excluding hydrogens is 246 g/mol. The first kappa shape index (κ1) is 13.7. The average Bonchev–Trinajstić information content (AvgIpc) is 2.43. The summed E-state index contributed by atoms with van der Waals surface area (Å²) < 4.78 is 5.83. The molecule has 0 bridgehead atoms. The second-order valence-electron chi connectivity index (χ2n) is 5.16. The van der Waals surface area contributed by atoms with E-state index in [9.17, 15) is 0 Å². The number of nitrogens with two attached hydrogens (primary N) is 1. The Bertz CT molecular complexity index is 346. The molecular formula is C15H22ClNO. The third-order valence-electron chi connectivity index (χ3n) is 3.90. The molecule has 1 aromatic rings. The molecule has 18 heavy (non-hydrogen) atoms. The van der Waals surface area contributed by atoms with Crippen molar-refractivity contribution >= 4 is 11.6 Å². The molecule has 1 atom stereocenters. The maximum absolute atomic E-state index is 5.89. The van der Waals surface area contributed by atoms with Crippen LogP contribution in [0.1, 0.15) is 32.1 Å². The molecule has 1 saturated carbocycles. The molecule has 0 radical (unpaired) electrons. The van der Waals surface area contributed by atoms with Crippen LogP contribution in [0.25, 0.3) is 0 Å². The molecule has 1 unspecified atom stereocenters. The van der Waals surface area contributed by atoms with Crippen molar-refractivity contribution in [1.29, 1.82) is 0 Å². The summed E-state index contributed by atoms with van der Waals surface area (Å²) in [5.74, 6) is 2.12. The summed E-state index contributed by atoms with van der Waals surface area (Å²) in [6, 6.07) is 7.54. The van der Waals surface area contributed by atoms with E-state index < -0.39 is 0 Å². The molecule has 0 heterocycles. The Morgan fingerprint density at radius 3 is 2.44 bits per heavy atom. The molecule has 2 N–H and O–H groups in total. The zero-order valence-electron chi connectivity index (χ0n) is 10.8. The SMILES string of the molecule is NCC(COc1ccc(Cl)cc1)C1CCCCC1. The summed E-state index contributed by atoms with van der Waals surface area (Å²) in [4.78, 5) is 0. The maximum atomic E-state index is 5.89. The van der Waals surface area contributed by atoms with Crippen molar-refractivity contribution in [3.8, 4) is 5.75 Å². The van der Waals surface area contributed by atoms with Gasteiger partial charge in [0.2, 0.25) is 0 Å². The number of hydrogen-bond donors (Lipinski definition) is 1. The Morgan fingerprint density at radius 1 is 1.17 bits per heavy atom. The van der Waals surface area contributed by atoms with E-state index in [1.165, 1.54) is 32.1 Å². The zero-order chi connectivity index (χ0) is 12.8. The minimum Gasteiger partial charge on any atom is -0.493 e. The highest BCUT2D eigenvalue weighted by Crippen LogP contribution is 2.30. The van der Waals surface area contributed by atoms with Crippen LogP contribution in [-0.4, -0.2) is 13.2 Å². The van der Waals surface area contributed by atoms with Crippen LogP contribution in [0, 0.1) is 11.8 Å². The fraction of sp³-hybridized carbons (Fsp3) is 0.600. The van der Waals surface area contributed by atoms with Gasteiger partial charge in [0.05, 0.1) is 6.61 Å². The summed E-state index contributed by atoms with van der Waals surface area (Å²) in [5.41, 5.74) is 5.89. The van der Waals surface area contributed by atoms with E-state index in [0.717, 1.165) is 29.8 Å². The van der Waals surface area contributed by atoms with E-state index in [-0.39, 0.29) is 0 Å². The van der Waals surface area contributed by atoms with Crippen molar-refractivity contribution in [2.45, 2.75) is 32.1 Å². The fourth-order valence-corrected chi connectivity index (χ4v) is 2.86. The van der Waals surface area contributed by atoms with Crippen LogP contribution in [0.15, 0.2) is 24.3 Å². The molecule has 0 saturated heterocycles. The first-order valence-corrected chi connectivity index (χ1v) is 7.26. The van der Waals surface area contributed by atoms with E-state index in [0.29, 0.717) is 5.92 Å². The van der Waals surface area contributed by atoms with Gasteiger partial charge in [-0.3, -0.25) is 0 Å². The van der Waals surface area contributed by atoms with Gasteiger partial charge < -0.3 is 10.5 Å². The van der Waals surface area contributed by atoms with Gasteiger partial charge in [0, 0.05) is 10.9 Å². The predicted molar refractivity (Wildman–Crippen MR) is 76.1 cm³/mol. The fourth-order valence-electron chi connectivity index (χ4n) is 2.74. The van der Waals surface area contributed by atoms with Crippen LogP contribution < -0.4 is 10.5 Å². The molecule has 1 fully saturated rings. The predicted octanol–water partition coefficient (Wildman–Crippen LogP) is 3.87. The van der Waals surface area contributed by atoms with Gasteiger partial charge in [-0.2, -0.15) is 0 Å². The molecule has 1 aromatic carbocycles. The number of halogens is 1. The van der Waals surface area contributed by atoms with Gasteiger partial charge in [0.15, 0.2) is 0 Å². The molecule has 2 rings (SSSR count). The topological polar surface area (TPSA) is 35.2 Å². The highest BCUT2D eigenvalue weighted by molar-refractivity contribution is 6.30. The summed E-state index contributed by atoms with van der Waals surface area (Å²) in [6.07, 6.45) is 6.70. The lowest BCUT2D eigenvalue weighted by Crippen LogP contribution is -2.30. The highest BCUT2D eigenvalue weighted by Gasteiger charge is 2.23. The monoisotopic (exact) mass is 267 g/mol. The van der Waals surface area contributed by atoms with Gasteiger partial charge in [0.25, 0.3) is 0 Å². The maximum Gasteiger partial charge on any atom is 0.119 e. The second-order valence-corrected chi connectivity index (χ2v) is 5.60. The van der Waals surface area contributed by atoms with Crippen LogP contribution in [0.3, 0.4) is 0 Å². The van der Waals surface area contributed by atoms with E-state index in [4.69, 9.17) is 22.1 Å². The largest absolute Gasteiger partial charge is 0.493 e. The Morgan fingerprint density at radius 2 is 1.83 bits per heavy atom. The van der Waals surface area contributed by atoms with Gasteiger partial charge in [-0.15, -0.1) is 0 Å². The van der Waals surface area contributed by atoms with Gasteiger partial charge in [-0.05, 0) is 36.7 Å². The number of ether oxygens (including phenoxy) is 1. The summed E-state index contributed by atoms with van der Waals surface area (Å²) in [7, 11) is 0. The van der Waals surface area contributed by atoms with Gasteiger partial charge in [-0.1, -0.05) is 43.7 Å². The first-order chi connectivity index (χ1) is 8.79. The quantitative estimate of drug-likeness (QED) is 0.879. The molecule has 2 nitrogen and oxygen atoms in total. The zero-order valence-corrected chi connectivity index (χ0v) is 11.5. The Kier molecular flexibility index (Phi) is 5.33. The molecule has 0 aromatic heterocycles. The lowest BCUT2D eigenvalue weighted by Gasteiger charge is -2.29. The third kappa shape index (κ3) is 3.89. The second kappa shape index (κ2) is 7.01. The molecule has 1 aliphatic carbocycles. The third-order valence-corrected chi connectivity index (χ3v) is 4.15. The molecule has 100 valence electrons. The number of benzene rings is 1. The van der Waals surface area contributed by atoms with Crippen molar-refractivity contribution in [1.82, 2.24) is 0 Å². The van der Waals surface area contributed by atoms with E-state index in [1.54, 1.807) is 0 Å². The van der Waals surface area contributed by atoms with E-state index in [2.05, 4.69) is 0 Å². The Balaban J connectivity index is 1.84. The van der Waals surface area contributed by atoms with Gasteiger partial charge >= 0.3 is 0 Å². The van der Waals surface area contributed by atoms with Crippen LogP contribution >= 0.6 is 11.6 Å². The lowest BCUT2D eigenvalue weighted by atomic mass is 9.80. The van der Waals surface area contributed by atoms with E-state index in [1.807, 2.05) is 24.3 Å². The summed E-state index contributed by atoms with van der Waals surface area (Å²) in [5, 5.41) is 0.741. The molecule has 3 heteroatoms. The standard InChI is InChI=1S/C15H22ClNO/c16-14-6-8-15(9-7-14)18-11-13(10-17)12-4-2-1-3-5-12/h6-9,12-13H,1-5,10-11,17H2. The lowest BCUT2D eigenvalue weighted by molar-refractivity contribution is 0.167. The van der Waals surface area contributed by atoms with Crippen molar-refractivity contribution in [2.24, 2.45) is 17.6 Å². The van der Waals surface area contributed by atoms with Crippen LogP contribution in [0.4, 0.5) is 0 Å². The number of hydrogen-bond acceptors (Lipinski definition) is 2. The molecule has 0 amide bonds. The Hall–Kier alpha value is -0.730. The van der Waals surface area contributed by atoms with Gasteiger partial charge in [0.1, 0.15) is 5.75 Å². The van der Waals surface area contributed by atoms with Crippen LogP contribution in [0.5, 0.6) is 5.75 Å². The average molecular weight is 268 g/mol. The highest BCUT2D eigenvalue weighted by atomic mass is 35.5. The van der Waals surface area contributed by atoms with Crippen molar-refractivity contribution in [3.63, 3.8) is 0 Å². The first-order valence-electron chi connectivity index (χ1n) is 6.88. The molecule has 0 spiro atoms. The smallest absolute Gasteiger partial charge is 0.119 e. The van der Waals surface area contributed by atoms with Crippen molar-refractivity contribution in [3.05, 3.63) is 29.3 Å². The van der Waals surface area contributed by atoms with Crippen LogP contribution in [-0.2, 0) is 0 Å². The summed E-state index contributed by atoms with van der Waals surface area (Å²) in [6.45, 7) is 1.45. The number of rotatable bonds is 5. The molecule has 1 aliphatic rings. The summed E-state index contributed by atoms with van der Waals surface area (Å²) >= 11 is 5.85. The molecule has 0 aliphatic heterocycles. The Labute approximate surface area is 114 Å². The normalized spacial score (nSPS) is 18.6. The van der Waals surface area contributed by atoms with E-state index >= 15 is 0 Å². The minimum absolute atomic E-state index is 0.487. The van der Waals surface area contributed by atoms with Crippen molar-refractivity contribution in [2.75, 3.05) is 13.2 Å². The van der Waals surface area contributed by atoms with Crippen LogP contribution in [0.2, 0.25) is 5.02 Å².